The van der Waals surface area contributed by atoms with Gasteiger partial charge in [0.25, 0.3) is 0 Å². The van der Waals surface area contributed by atoms with E-state index in [0.29, 0.717) is 13.0 Å². The fourth-order valence-electron chi connectivity index (χ4n) is 2.33. The summed E-state index contributed by atoms with van der Waals surface area (Å²) in [7, 11) is 3.67. The average molecular weight is 228 g/mol. The van der Waals surface area contributed by atoms with Gasteiger partial charge in [-0.15, -0.1) is 0 Å². The molecule has 2 N–H and O–H groups in total. The van der Waals surface area contributed by atoms with Crippen LogP contribution in [0.3, 0.4) is 0 Å². The molecule has 1 aliphatic rings. The first-order valence-corrected chi connectivity index (χ1v) is 6.18. The summed E-state index contributed by atoms with van der Waals surface area (Å²) < 4.78 is 0. The number of likely N-dealkylation sites (N-methyl/N-ethyl adjacent to an activating group) is 1. The van der Waals surface area contributed by atoms with Gasteiger partial charge in [-0.3, -0.25) is 4.79 Å². The van der Waals surface area contributed by atoms with Crippen molar-refractivity contribution in [2.75, 3.05) is 27.2 Å². The SMILES string of the molecule is CNCCCC(=O)N(C)CC1(O)CCCC1. The van der Waals surface area contributed by atoms with E-state index in [1.54, 1.807) is 11.9 Å². The molecule has 0 aromatic heterocycles. The van der Waals surface area contributed by atoms with Crippen LogP contribution in [0.15, 0.2) is 0 Å². The normalized spacial score (nSPS) is 18.7. The molecule has 1 aliphatic carbocycles. The van der Waals surface area contributed by atoms with Crippen molar-refractivity contribution in [1.82, 2.24) is 10.2 Å². The van der Waals surface area contributed by atoms with Crippen molar-refractivity contribution < 1.29 is 9.90 Å². The highest BCUT2D eigenvalue weighted by atomic mass is 16.3. The minimum atomic E-state index is -0.618. The number of rotatable bonds is 6. The quantitative estimate of drug-likeness (QED) is 0.660. The Morgan fingerprint density at radius 1 is 1.44 bits per heavy atom. The summed E-state index contributed by atoms with van der Waals surface area (Å²) in [5.41, 5.74) is -0.618. The Balaban J connectivity index is 2.27. The van der Waals surface area contributed by atoms with E-state index in [2.05, 4.69) is 5.32 Å². The molecule has 1 amide bonds. The Bertz CT molecular complexity index is 225. The summed E-state index contributed by atoms with van der Waals surface area (Å²) in [5.74, 6) is 0.135. The van der Waals surface area contributed by atoms with Crippen LogP contribution in [0, 0.1) is 0 Å². The molecule has 0 heterocycles. The van der Waals surface area contributed by atoms with Gasteiger partial charge < -0.3 is 15.3 Å². The predicted octanol–water partition coefficient (Wildman–Crippen LogP) is 0.749. The van der Waals surface area contributed by atoms with Crippen molar-refractivity contribution in [3.05, 3.63) is 0 Å². The van der Waals surface area contributed by atoms with Crippen LogP contribution in [0.4, 0.5) is 0 Å². The molecule has 0 atom stereocenters. The molecule has 1 saturated carbocycles. The smallest absolute Gasteiger partial charge is 0.222 e. The molecule has 0 saturated heterocycles. The Labute approximate surface area is 98.0 Å². The highest BCUT2D eigenvalue weighted by Gasteiger charge is 2.33. The van der Waals surface area contributed by atoms with Crippen molar-refractivity contribution >= 4 is 5.91 Å². The number of amides is 1. The second-order valence-electron chi connectivity index (χ2n) is 4.89. The van der Waals surface area contributed by atoms with Crippen LogP contribution in [0.25, 0.3) is 0 Å². The van der Waals surface area contributed by atoms with Crippen molar-refractivity contribution in [2.45, 2.75) is 44.1 Å². The topological polar surface area (TPSA) is 52.6 Å². The van der Waals surface area contributed by atoms with E-state index in [4.69, 9.17) is 0 Å². The number of aliphatic hydroxyl groups is 1. The van der Waals surface area contributed by atoms with Crippen LogP contribution in [-0.2, 0) is 4.79 Å². The lowest BCUT2D eigenvalue weighted by atomic mass is 10.0. The van der Waals surface area contributed by atoms with Crippen LogP contribution in [0.2, 0.25) is 0 Å². The van der Waals surface area contributed by atoms with E-state index >= 15 is 0 Å². The summed E-state index contributed by atoms with van der Waals surface area (Å²) in [6.45, 7) is 1.36. The molecule has 94 valence electrons. The zero-order chi connectivity index (χ0) is 12.0. The average Bonchev–Trinajstić information content (AvgIpc) is 2.65. The first kappa shape index (κ1) is 13.5. The number of hydrogen-bond donors (Lipinski definition) is 2. The van der Waals surface area contributed by atoms with Gasteiger partial charge in [0.1, 0.15) is 0 Å². The third-order valence-corrected chi connectivity index (χ3v) is 3.31. The van der Waals surface area contributed by atoms with Gasteiger partial charge in [-0.05, 0) is 32.9 Å². The molecule has 16 heavy (non-hydrogen) atoms. The van der Waals surface area contributed by atoms with Crippen LogP contribution in [0.5, 0.6) is 0 Å². The molecule has 1 rings (SSSR count). The molecular weight excluding hydrogens is 204 g/mol. The molecular formula is C12H24N2O2. The van der Waals surface area contributed by atoms with Crippen molar-refractivity contribution in [3.8, 4) is 0 Å². The number of hydrogen-bond acceptors (Lipinski definition) is 3. The van der Waals surface area contributed by atoms with Gasteiger partial charge in [-0.1, -0.05) is 12.8 Å². The third kappa shape index (κ3) is 4.10. The molecule has 0 aromatic rings. The van der Waals surface area contributed by atoms with Gasteiger partial charge in [0, 0.05) is 20.0 Å². The maximum atomic E-state index is 11.7. The summed E-state index contributed by atoms with van der Waals surface area (Å²) >= 11 is 0. The van der Waals surface area contributed by atoms with Crippen molar-refractivity contribution in [1.29, 1.82) is 0 Å². The fraction of sp³-hybridized carbons (Fsp3) is 0.917. The monoisotopic (exact) mass is 228 g/mol. The lowest BCUT2D eigenvalue weighted by molar-refractivity contribution is -0.133. The van der Waals surface area contributed by atoms with E-state index in [0.717, 1.165) is 38.6 Å². The van der Waals surface area contributed by atoms with Gasteiger partial charge in [0.2, 0.25) is 5.91 Å². The highest BCUT2D eigenvalue weighted by molar-refractivity contribution is 5.75. The van der Waals surface area contributed by atoms with E-state index in [9.17, 15) is 9.90 Å². The Morgan fingerprint density at radius 3 is 2.62 bits per heavy atom. The highest BCUT2D eigenvalue weighted by Crippen LogP contribution is 2.29. The van der Waals surface area contributed by atoms with Crippen LogP contribution in [-0.4, -0.2) is 48.7 Å². The van der Waals surface area contributed by atoms with Gasteiger partial charge in [-0.25, -0.2) is 0 Å². The minimum Gasteiger partial charge on any atom is -0.388 e. The number of carbonyl (C=O) groups is 1. The number of carbonyl (C=O) groups excluding carboxylic acids is 1. The molecule has 0 radical (unpaired) electrons. The molecule has 0 spiro atoms. The fourth-order valence-corrected chi connectivity index (χ4v) is 2.33. The van der Waals surface area contributed by atoms with Gasteiger partial charge in [0.05, 0.1) is 5.60 Å². The van der Waals surface area contributed by atoms with Crippen molar-refractivity contribution in [2.24, 2.45) is 0 Å². The maximum absolute atomic E-state index is 11.7. The summed E-state index contributed by atoms with van der Waals surface area (Å²) in [4.78, 5) is 13.4. The first-order chi connectivity index (χ1) is 7.57. The molecule has 4 nitrogen and oxygen atoms in total. The van der Waals surface area contributed by atoms with Crippen molar-refractivity contribution in [3.63, 3.8) is 0 Å². The van der Waals surface area contributed by atoms with Crippen LogP contribution >= 0.6 is 0 Å². The first-order valence-electron chi connectivity index (χ1n) is 6.18. The zero-order valence-corrected chi connectivity index (χ0v) is 10.5. The molecule has 4 heteroatoms. The summed E-state index contributed by atoms with van der Waals surface area (Å²) in [5, 5.41) is 13.2. The second-order valence-corrected chi connectivity index (χ2v) is 4.89. The van der Waals surface area contributed by atoms with Crippen LogP contribution in [0.1, 0.15) is 38.5 Å². The van der Waals surface area contributed by atoms with E-state index < -0.39 is 5.60 Å². The minimum absolute atomic E-state index is 0.135. The van der Waals surface area contributed by atoms with E-state index in [-0.39, 0.29) is 5.91 Å². The molecule has 0 aromatic carbocycles. The molecule has 0 bridgehead atoms. The van der Waals surface area contributed by atoms with E-state index in [1.807, 2.05) is 7.05 Å². The Hall–Kier alpha value is -0.610. The third-order valence-electron chi connectivity index (χ3n) is 3.31. The van der Waals surface area contributed by atoms with Crippen LogP contribution < -0.4 is 5.32 Å². The predicted molar refractivity (Wildman–Crippen MR) is 64.2 cm³/mol. The Kier molecular flexibility index (Phi) is 5.22. The zero-order valence-electron chi connectivity index (χ0n) is 10.5. The number of nitrogens with one attached hydrogen (secondary N) is 1. The van der Waals surface area contributed by atoms with Gasteiger partial charge in [0.15, 0.2) is 0 Å². The molecule has 1 fully saturated rings. The standard InChI is InChI=1S/C12H24N2O2/c1-13-9-5-6-11(15)14(2)10-12(16)7-3-4-8-12/h13,16H,3-10H2,1-2H3. The summed E-state index contributed by atoms with van der Waals surface area (Å²) in [6, 6.07) is 0. The largest absolute Gasteiger partial charge is 0.388 e. The summed E-state index contributed by atoms with van der Waals surface area (Å²) in [6.07, 6.45) is 5.25. The lowest BCUT2D eigenvalue weighted by Gasteiger charge is -2.28. The van der Waals surface area contributed by atoms with E-state index in [1.165, 1.54) is 0 Å². The Morgan fingerprint density at radius 2 is 2.06 bits per heavy atom. The molecule has 0 aliphatic heterocycles. The maximum Gasteiger partial charge on any atom is 0.222 e. The molecule has 0 unspecified atom stereocenters. The lowest BCUT2D eigenvalue weighted by Crippen LogP contribution is -2.42. The van der Waals surface area contributed by atoms with Gasteiger partial charge >= 0.3 is 0 Å². The second kappa shape index (κ2) is 6.21. The number of nitrogens with zero attached hydrogens (tertiary/aromatic N) is 1. The van der Waals surface area contributed by atoms with Gasteiger partial charge in [-0.2, -0.15) is 0 Å².